The lowest BCUT2D eigenvalue weighted by molar-refractivity contribution is 0.0689. The first-order valence-electron chi connectivity index (χ1n) is 4.91. The van der Waals surface area contributed by atoms with E-state index in [0.29, 0.717) is 5.88 Å². The fraction of sp³-hybridized carbons (Fsp3) is 0.600. The van der Waals surface area contributed by atoms with Gasteiger partial charge in [0, 0.05) is 0 Å². The highest BCUT2D eigenvalue weighted by Gasteiger charge is 2.20. The first kappa shape index (κ1) is 11.6. The van der Waals surface area contributed by atoms with Gasteiger partial charge in [-0.3, -0.25) is 0 Å². The SMILES string of the molecule is CC(C)Oc1c(C(=O)O)cnn1C(C)C. The van der Waals surface area contributed by atoms with Crippen molar-refractivity contribution in [1.82, 2.24) is 9.78 Å². The molecule has 0 amide bonds. The minimum absolute atomic E-state index is 0.0719. The molecule has 0 saturated carbocycles. The third-order valence-electron chi connectivity index (χ3n) is 1.82. The Labute approximate surface area is 88.7 Å². The minimum atomic E-state index is -1.02. The molecule has 0 unspecified atom stereocenters. The van der Waals surface area contributed by atoms with E-state index in [1.165, 1.54) is 6.20 Å². The van der Waals surface area contributed by atoms with Gasteiger partial charge in [-0.1, -0.05) is 0 Å². The molecule has 5 heteroatoms. The number of carboxylic acid groups (broad SMARTS) is 1. The maximum atomic E-state index is 10.9. The van der Waals surface area contributed by atoms with Gasteiger partial charge in [0.2, 0.25) is 5.88 Å². The summed E-state index contributed by atoms with van der Waals surface area (Å²) < 4.78 is 7.03. The van der Waals surface area contributed by atoms with Gasteiger partial charge in [-0.25, -0.2) is 9.48 Å². The molecule has 0 radical (unpaired) electrons. The fourth-order valence-corrected chi connectivity index (χ4v) is 1.21. The molecule has 0 aliphatic carbocycles. The molecule has 1 heterocycles. The molecule has 1 aromatic rings. The van der Waals surface area contributed by atoms with E-state index in [1.54, 1.807) is 4.68 Å². The van der Waals surface area contributed by atoms with Crippen molar-refractivity contribution in [2.75, 3.05) is 0 Å². The maximum Gasteiger partial charge on any atom is 0.342 e. The van der Waals surface area contributed by atoms with Crippen LogP contribution in [0.5, 0.6) is 5.88 Å². The number of rotatable bonds is 4. The molecule has 0 aliphatic rings. The highest BCUT2D eigenvalue weighted by atomic mass is 16.5. The Hall–Kier alpha value is -1.52. The van der Waals surface area contributed by atoms with E-state index in [1.807, 2.05) is 27.7 Å². The Morgan fingerprint density at radius 3 is 2.47 bits per heavy atom. The smallest absolute Gasteiger partial charge is 0.342 e. The van der Waals surface area contributed by atoms with Crippen molar-refractivity contribution in [3.63, 3.8) is 0 Å². The third kappa shape index (κ3) is 2.49. The van der Waals surface area contributed by atoms with Gasteiger partial charge >= 0.3 is 5.97 Å². The normalized spacial score (nSPS) is 11.1. The van der Waals surface area contributed by atoms with Crippen molar-refractivity contribution in [1.29, 1.82) is 0 Å². The Morgan fingerprint density at radius 1 is 1.47 bits per heavy atom. The van der Waals surface area contributed by atoms with E-state index >= 15 is 0 Å². The van der Waals surface area contributed by atoms with Crippen LogP contribution in [0.2, 0.25) is 0 Å². The molecule has 5 nitrogen and oxygen atoms in total. The first-order chi connectivity index (χ1) is 6.93. The number of aromatic carboxylic acids is 1. The summed E-state index contributed by atoms with van der Waals surface area (Å²) >= 11 is 0. The Kier molecular flexibility index (Phi) is 3.34. The molecule has 15 heavy (non-hydrogen) atoms. The molecule has 1 N–H and O–H groups in total. The van der Waals surface area contributed by atoms with Crippen molar-refractivity contribution < 1.29 is 14.6 Å². The molecule has 0 spiro atoms. The van der Waals surface area contributed by atoms with Crippen LogP contribution in [0.15, 0.2) is 6.20 Å². The van der Waals surface area contributed by atoms with Crippen LogP contribution in [0.3, 0.4) is 0 Å². The van der Waals surface area contributed by atoms with Crippen LogP contribution in [0, 0.1) is 0 Å². The topological polar surface area (TPSA) is 64.3 Å². The van der Waals surface area contributed by atoms with E-state index in [0.717, 1.165) is 0 Å². The van der Waals surface area contributed by atoms with Gasteiger partial charge in [0.1, 0.15) is 5.56 Å². The lowest BCUT2D eigenvalue weighted by Gasteiger charge is -2.14. The summed E-state index contributed by atoms with van der Waals surface area (Å²) in [5.41, 5.74) is 0.109. The molecule has 1 rings (SSSR count). The number of carbonyl (C=O) groups is 1. The lowest BCUT2D eigenvalue weighted by atomic mass is 10.3. The molecule has 0 bridgehead atoms. The van der Waals surface area contributed by atoms with Gasteiger partial charge in [-0.15, -0.1) is 0 Å². The van der Waals surface area contributed by atoms with Crippen LogP contribution in [-0.2, 0) is 0 Å². The van der Waals surface area contributed by atoms with Crippen LogP contribution in [-0.4, -0.2) is 27.0 Å². The predicted molar refractivity (Wildman–Crippen MR) is 55.3 cm³/mol. The number of hydrogen-bond acceptors (Lipinski definition) is 3. The highest BCUT2D eigenvalue weighted by molar-refractivity contribution is 5.90. The average Bonchev–Trinajstić information content (AvgIpc) is 2.46. The number of carboxylic acids is 1. The van der Waals surface area contributed by atoms with Crippen molar-refractivity contribution >= 4 is 5.97 Å². The largest absolute Gasteiger partial charge is 0.477 e. The van der Waals surface area contributed by atoms with Crippen LogP contribution in [0.25, 0.3) is 0 Å². The molecular formula is C10H16N2O3. The second kappa shape index (κ2) is 4.33. The van der Waals surface area contributed by atoms with Gasteiger partial charge in [-0.05, 0) is 27.7 Å². The monoisotopic (exact) mass is 212 g/mol. The lowest BCUT2D eigenvalue weighted by Crippen LogP contribution is -2.14. The second-order valence-electron chi connectivity index (χ2n) is 3.87. The van der Waals surface area contributed by atoms with Gasteiger partial charge in [0.05, 0.1) is 18.3 Å². The van der Waals surface area contributed by atoms with Gasteiger partial charge in [-0.2, -0.15) is 5.10 Å². The zero-order valence-electron chi connectivity index (χ0n) is 9.39. The van der Waals surface area contributed by atoms with Crippen LogP contribution < -0.4 is 4.74 Å². The van der Waals surface area contributed by atoms with Gasteiger partial charge in [0.15, 0.2) is 0 Å². The molecule has 0 aliphatic heterocycles. The Balaban J connectivity index is 3.14. The molecule has 0 aromatic carbocycles. The number of hydrogen-bond donors (Lipinski definition) is 1. The zero-order valence-corrected chi connectivity index (χ0v) is 9.39. The fourth-order valence-electron chi connectivity index (χ4n) is 1.21. The second-order valence-corrected chi connectivity index (χ2v) is 3.87. The van der Waals surface area contributed by atoms with Crippen molar-refractivity contribution in [2.45, 2.75) is 39.8 Å². The molecular weight excluding hydrogens is 196 g/mol. The third-order valence-corrected chi connectivity index (χ3v) is 1.82. The Bertz CT molecular complexity index is 356. The zero-order chi connectivity index (χ0) is 11.6. The standard InChI is InChI=1S/C10H16N2O3/c1-6(2)12-9(15-7(3)4)8(5-11-12)10(13)14/h5-7H,1-4H3,(H,13,14). The van der Waals surface area contributed by atoms with E-state index in [9.17, 15) is 4.79 Å². The molecule has 84 valence electrons. The molecule has 0 saturated heterocycles. The molecule has 0 atom stereocenters. The summed E-state index contributed by atoms with van der Waals surface area (Å²) in [6.45, 7) is 7.55. The number of ether oxygens (including phenoxy) is 1. The van der Waals surface area contributed by atoms with Gasteiger partial charge in [0.25, 0.3) is 0 Å². The summed E-state index contributed by atoms with van der Waals surface area (Å²) in [5.74, 6) is -0.690. The highest BCUT2D eigenvalue weighted by Crippen LogP contribution is 2.23. The summed E-state index contributed by atoms with van der Waals surface area (Å²) in [5, 5.41) is 12.9. The van der Waals surface area contributed by atoms with E-state index in [-0.39, 0.29) is 17.7 Å². The van der Waals surface area contributed by atoms with Crippen molar-refractivity contribution in [3.05, 3.63) is 11.8 Å². The summed E-state index contributed by atoms with van der Waals surface area (Å²) in [6, 6.07) is 0.0758. The average molecular weight is 212 g/mol. The summed E-state index contributed by atoms with van der Waals surface area (Å²) in [7, 11) is 0. The summed E-state index contributed by atoms with van der Waals surface area (Å²) in [4.78, 5) is 10.9. The number of aromatic nitrogens is 2. The summed E-state index contributed by atoms with van der Waals surface area (Å²) in [6.07, 6.45) is 1.25. The van der Waals surface area contributed by atoms with Crippen molar-refractivity contribution in [3.8, 4) is 5.88 Å². The molecule has 0 fully saturated rings. The maximum absolute atomic E-state index is 10.9. The van der Waals surface area contributed by atoms with E-state index in [4.69, 9.17) is 9.84 Å². The quantitative estimate of drug-likeness (QED) is 0.828. The van der Waals surface area contributed by atoms with E-state index in [2.05, 4.69) is 5.10 Å². The predicted octanol–water partition coefficient (Wildman–Crippen LogP) is 1.95. The molecule has 1 aromatic heterocycles. The van der Waals surface area contributed by atoms with Crippen LogP contribution >= 0.6 is 0 Å². The number of nitrogens with zero attached hydrogens (tertiary/aromatic N) is 2. The Morgan fingerprint density at radius 2 is 2.07 bits per heavy atom. The van der Waals surface area contributed by atoms with Gasteiger partial charge < -0.3 is 9.84 Å². The van der Waals surface area contributed by atoms with Crippen LogP contribution in [0.4, 0.5) is 0 Å². The minimum Gasteiger partial charge on any atom is -0.477 e. The first-order valence-corrected chi connectivity index (χ1v) is 4.91. The van der Waals surface area contributed by atoms with Crippen molar-refractivity contribution in [2.24, 2.45) is 0 Å². The van der Waals surface area contributed by atoms with Crippen LogP contribution in [0.1, 0.15) is 44.1 Å². The van der Waals surface area contributed by atoms with E-state index < -0.39 is 5.97 Å².